The van der Waals surface area contributed by atoms with Gasteiger partial charge in [-0.25, -0.2) is 0 Å². The van der Waals surface area contributed by atoms with Crippen molar-refractivity contribution in [2.45, 2.75) is 31.9 Å². The first kappa shape index (κ1) is 17.7. The van der Waals surface area contributed by atoms with E-state index in [2.05, 4.69) is 29.2 Å². The molecule has 0 N–H and O–H groups in total. The fraction of sp³-hybridized carbons (Fsp3) is 0.304. The smallest absolute Gasteiger partial charge is 0.252 e. The van der Waals surface area contributed by atoms with Crippen molar-refractivity contribution in [3.63, 3.8) is 0 Å². The summed E-state index contributed by atoms with van der Waals surface area (Å²) in [7, 11) is 0. The third kappa shape index (κ3) is 4.34. The van der Waals surface area contributed by atoms with Gasteiger partial charge >= 0.3 is 0 Å². The van der Waals surface area contributed by atoms with Gasteiger partial charge in [-0.1, -0.05) is 48.5 Å². The van der Waals surface area contributed by atoms with Crippen LogP contribution in [0, 0.1) is 0 Å². The summed E-state index contributed by atoms with van der Waals surface area (Å²) in [4.78, 5) is 19.5. The summed E-state index contributed by atoms with van der Waals surface area (Å²) in [6.07, 6.45) is 4.19. The minimum atomic E-state index is -0.297. The molecule has 1 saturated heterocycles. The molecular formula is C23H24N2O2. The third-order valence-corrected chi connectivity index (χ3v) is 5.05. The maximum atomic E-state index is 13.0. The molecule has 0 radical (unpaired) electrons. The first-order chi connectivity index (χ1) is 13.3. The molecule has 4 heteroatoms. The van der Waals surface area contributed by atoms with E-state index in [1.807, 2.05) is 47.5 Å². The third-order valence-electron chi connectivity index (χ3n) is 5.05. The zero-order valence-electron chi connectivity index (χ0n) is 15.4. The molecule has 0 saturated carbocycles. The van der Waals surface area contributed by atoms with Crippen LogP contribution in [0.2, 0.25) is 0 Å². The monoisotopic (exact) mass is 360 g/mol. The lowest BCUT2D eigenvalue weighted by molar-refractivity contribution is -0.141. The van der Waals surface area contributed by atoms with Crippen molar-refractivity contribution in [3.8, 4) is 0 Å². The van der Waals surface area contributed by atoms with Crippen molar-refractivity contribution in [1.29, 1.82) is 0 Å². The maximum absolute atomic E-state index is 13.0. The fourth-order valence-corrected chi connectivity index (χ4v) is 3.58. The molecule has 138 valence electrons. The normalized spacial score (nSPS) is 16.5. The fourth-order valence-electron chi connectivity index (χ4n) is 3.58. The van der Waals surface area contributed by atoms with E-state index in [0.717, 1.165) is 35.7 Å². The summed E-state index contributed by atoms with van der Waals surface area (Å²) in [5, 5.41) is 1.10. The van der Waals surface area contributed by atoms with Gasteiger partial charge in [0, 0.05) is 31.3 Å². The minimum Gasteiger partial charge on any atom is -0.368 e. The molecule has 27 heavy (non-hydrogen) atoms. The lowest BCUT2D eigenvalue weighted by Gasteiger charge is -2.25. The largest absolute Gasteiger partial charge is 0.368 e. The highest BCUT2D eigenvalue weighted by molar-refractivity contribution is 5.82. The van der Waals surface area contributed by atoms with E-state index in [-0.39, 0.29) is 12.0 Å². The van der Waals surface area contributed by atoms with Gasteiger partial charge in [0.2, 0.25) is 0 Å². The Morgan fingerprint density at radius 1 is 1.07 bits per heavy atom. The summed E-state index contributed by atoms with van der Waals surface area (Å²) in [6, 6.07) is 20.5. The zero-order valence-corrected chi connectivity index (χ0v) is 15.4. The summed E-state index contributed by atoms with van der Waals surface area (Å²) in [6.45, 7) is 1.92. The van der Waals surface area contributed by atoms with Gasteiger partial charge < -0.3 is 9.64 Å². The van der Waals surface area contributed by atoms with E-state index in [1.54, 1.807) is 0 Å². The molecule has 1 amide bonds. The number of aromatic nitrogens is 1. The number of para-hydroxylation sites is 1. The van der Waals surface area contributed by atoms with Crippen LogP contribution in [-0.4, -0.2) is 35.0 Å². The van der Waals surface area contributed by atoms with Crippen LogP contribution in [0.5, 0.6) is 0 Å². The van der Waals surface area contributed by atoms with E-state index < -0.39 is 0 Å². The Morgan fingerprint density at radius 2 is 1.89 bits per heavy atom. The second-order valence-electron chi connectivity index (χ2n) is 7.03. The van der Waals surface area contributed by atoms with Crippen molar-refractivity contribution in [2.75, 3.05) is 13.2 Å². The Hall–Kier alpha value is -2.72. The number of pyridine rings is 1. The number of carbonyl (C=O) groups is 1. The van der Waals surface area contributed by atoms with Gasteiger partial charge in [-0.15, -0.1) is 0 Å². The minimum absolute atomic E-state index is 0.0941. The number of hydrogen-bond acceptors (Lipinski definition) is 3. The highest BCUT2D eigenvalue weighted by Gasteiger charge is 2.28. The van der Waals surface area contributed by atoms with E-state index in [0.29, 0.717) is 19.7 Å². The SMILES string of the molecule is O=C(C1CCCO1)N(CCc1ccccc1)Cc1cnc2ccccc2c1. The number of ether oxygens (including phenoxy) is 1. The molecule has 1 atom stereocenters. The number of carbonyl (C=O) groups excluding carboxylic acids is 1. The van der Waals surface area contributed by atoms with E-state index in [1.165, 1.54) is 5.56 Å². The predicted octanol–water partition coefficient (Wildman–Crippen LogP) is 3.99. The second-order valence-corrected chi connectivity index (χ2v) is 7.03. The highest BCUT2D eigenvalue weighted by Crippen LogP contribution is 2.19. The van der Waals surface area contributed by atoms with Gasteiger partial charge in [-0.3, -0.25) is 9.78 Å². The van der Waals surface area contributed by atoms with E-state index >= 15 is 0 Å². The molecule has 0 aliphatic carbocycles. The first-order valence-electron chi connectivity index (χ1n) is 9.57. The van der Waals surface area contributed by atoms with Gasteiger partial charge in [-0.05, 0) is 42.5 Å². The molecular weight excluding hydrogens is 336 g/mol. The van der Waals surface area contributed by atoms with Crippen LogP contribution in [0.1, 0.15) is 24.0 Å². The van der Waals surface area contributed by atoms with Crippen molar-refractivity contribution in [2.24, 2.45) is 0 Å². The van der Waals surface area contributed by atoms with Crippen molar-refractivity contribution >= 4 is 16.8 Å². The Bertz CT molecular complexity index is 904. The summed E-state index contributed by atoms with van der Waals surface area (Å²) in [5.41, 5.74) is 3.26. The number of hydrogen-bond donors (Lipinski definition) is 0. The summed E-state index contributed by atoms with van der Waals surface area (Å²) in [5.74, 6) is 0.0941. The molecule has 3 aromatic rings. The van der Waals surface area contributed by atoms with Crippen LogP contribution in [0.15, 0.2) is 66.9 Å². The first-order valence-corrected chi connectivity index (χ1v) is 9.57. The van der Waals surface area contributed by atoms with Gasteiger partial charge in [0.05, 0.1) is 5.52 Å². The molecule has 1 fully saturated rings. The van der Waals surface area contributed by atoms with Crippen molar-refractivity contribution < 1.29 is 9.53 Å². The number of nitrogens with zero attached hydrogens (tertiary/aromatic N) is 2. The number of amides is 1. The van der Waals surface area contributed by atoms with Crippen molar-refractivity contribution in [3.05, 3.63) is 78.0 Å². The van der Waals surface area contributed by atoms with Gasteiger partial charge in [0.25, 0.3) is 5.91 Å². The summed E-state index contributed by atoms with van der Waals surface area (Å²) >= 11 is 0. The second kappa shape index (κ2) is 8.31. The van der Waals surface area contributed by atoms with Crippen LogP contribution in [-0.2, 0) is 22.5 Å². The number of benzene rings is 2. The molecule has 4 nitrogen and oxygen atoms in total. The van der Waals surface area contributed by atoms with Crippen LogP contribution in [0.3, 0.4) is 0 Å². The molecule has 1 aliphatic rings. The Balaban J connectivity index is 1.52. The summed E-state index contributed by atoms with van der Waals surface area (Å²) < 4.78 is 5.65. The molecule has 2 aromatic carbocycles. The molecule has 1 aromatic heterocycles. The molecule has 0 bridgehead atoms. The predicted molar refractivity (Wildman–Crippen MR) is 106 cm³/mol. The molecule has 4 rings (SSSR count). The average Bonchev–Trinajstić information content (AvgIpc) is 3.26. The van der Waals surface area contributed by atoms with E-state index in [9.17, 15) is 4.79 Å². The van der Waals surface area contributed by atoms with Gasteiger partial charge in [0.15, 0.2) is 0 Å². The topological polar surface area (TPSA) is 42.4 Å². The van der Waals surface area contributed by atoms with Gasteiger partial charge in [-0.2, -0.15) is 0 Å². The zero-order chi connectivity index (χ0) is 18.5. The Kier molecular flexibility index (Phi) is 5.45. The quantitative estimate of drug-likeness (QED) is 0.668. The van der Waals surface area contributed by atoms with Crippen LogP contribution >= 0.6 is 0 Å². The molecule has 0 spiro atoms. The average molecular weight is 360 g/mol. The lowest BCUT2D eigenvalue weighted by atomic mass is 10.1. The van der Waals surface area contributed by atoms with Crippen LogP contribution in [0.4, 0.5) is 0 Å². The lowest BCUT2D eigenvalue weighted by Crippen LogP contribution is -2.39. The molecule has 1 aliphatic heterocycles. The number of rotatable bonds is 6. The Labute approximate surface area is 159 Å². The van der Waals surface area contributed by atoms with Gasteiger partial charge in [0.1, 0.15) is 6.10 Å². The Morgan fingerprint density at radius 3 is 2.70 bits per heavy atom. The molecule has 2 heterocycles. The highest BCUT2D eigenvalue weighted by atomic mass is 16.5. The number of fused-ring (bicyclic) bond motifs is 1. The van der Waals surface area contributed by atoms with Crippen molar-refractivity contribution in [1.82, 2.24) is 9.88 Å². The van der Waals surface area contributed by atoms with Crippen LogP contribution < -0.4 is 0 Å². The molecule has 1 unspecified atom stereocenters. The standard InChI is InChI=1S/C23H24N2O2/c26-23(22-11-6-14-27-22)25(13-12-18-7-2-1-3-8-18)17-19-15-20-9-4-5-10-21(20)24-16-19/h1-5,7-10,15-16,22H,6,11-14,17H2. The maximum Gasteiger partial charge on any atom is 0.252 e. The van der Waals surface area contributed by atoms with E-state index in [4.69, 9.17) is 4.74 Å². The van der Waals surface area contributed by atoms with Crippen LogP contribution in [0.25, 0.3) is 10.9 Å².